The molecule has 0 aliphatic rings. The Bertz CT molecular complexity index is 1230. The molecule has 0 aliphatic carbocycles. The lowest BCUT2D eigenvalue weighted by Gasteiger charge is -2.10. The van der Waals surface area contributed by atoms with Crippen LogP contribution in [0.4, 0.5) is 0 Å². The lowest BCUT2D eigenvalue weighted by atomic mass is 10.1. The molecular weight excluding hydrogens is 424 g/mol. The van der Waals surface area contributed by atoms with Crippen molar-refractivity contribution in [2.24, 2.45) is 0 Å². The van der Waals surface area contributed by atoms with Gasteiger partial charge in [-0.05, 0) is 37.8 Å². The van der Waals surface area contributed by atoms with Crippen molar-refractivity contribution < 1.29 is 14.3 Å². The van der Waals surface area contributed by atoms with Crippen molar-refractivity contribution in [2.75, 3.05) is 6.61 Å². The molecule has 3 aromatic heterocycles. The van der Waals surface area contributed by atoms with Gasteiger partial charge in [-0.1, -0.05) is 23.7 Å². The number of benzene rings is 1. The number of thiophene rings is 1. The maximum Gasteiger partial charge on any atom is 0.341 e. The molecule has 0 saturated heterocycles. The van der Waals surface area contributed by atoms with Crippen LogP contribution in [-0.4, -0.2) is 32.7 Å². The number of halogens is 1. The summed E-state index contributed by atoms with van der Waals surface area (Å²) in [6, 6.07) is 5.84. The maximum absolute atomic E-state index is 12.2. The second kappa shape index (κ2) is 8.41. The second-order valence-corrected chi connectivity index (χ2v) is 7.90. The Morgan fingerprint density at radius 3 is 2.87 bits per heavy atom. The fraction of sp³-hybridized carbons (Fsp3) is 0.238. The van der Waals surface area contributed by atoms with E-state index in [2.05, 4.69) is 20.2 Å². The molecule has 0 bridgehead atoms. The van der Waals surface area contributed by atoms with Crippen molar-refractivity contribution >= 4 is 39.0 Å². The molecule has 1 aromatic carbocycles. The summed E-state index contributed by atoms with van der Waals surface area (Å²) < 4.78 is 12.0. The van der Waals surface area contributed by atoms with Gasteiger partial charge in [-0.15, -0.1) is 11.3 Å². The molecule has 30 heavy (non-hydrogen) atoms. The van der Waals surface area contributed by atoms with Crippen molar-refractivity contribution in [1.82, 2.24) is 20.2 Å². The van der Waals surface area contributed by atoms with Crippen LogP contribution < -0.4 is 4.74 Å². The fourth-order valence-corrected chi connectivity index (χ4v) is 4.42. The van der Waals surface area contributed by atoms with Crippen LogP contribution in [0.1, 0.15) is 34.2 Å². The second-order valence-electron chi connectivity index (χ2n) is 6.66. The molecule has 0 unspecified atom stereocenters. The van der Waals surface area contributed by atoms with Gasteiger partial charge in [0.1, 0.15) is 23.3 Å². The molecule has 0 aliphatic heterocycles. The number of rotatable bonds is 6. The van der Waals surface area contributed by atoms with E-state index in [4.69, 9.17) is 21.1 Å². The van der Waals surface area contributed by atoms with E-state index in [0.717, 1.165) is 33.0 Å². The van der Waals surface area contributed by atoms with Crippen LogP contribution in [0.5, 0.6) is 5.75 Å². The summed E-state index contributed by atoms with van der Waals surface area (Å²) in [6.45, 7) is 6.17. The summed E-state index contributed by atoms with van der Waals surface area (Å²) in [6.07, 6.45) is 1.45. The molecule has 0 fully saturated rings. The zero-order chi connectivity index (χ0) is 21.3. The van der Waals surface area contributed by atoms with E-state index in [9.17, 15) is 4.79 Å². The van der Waals surface area contributed by atoms with Crippen LogP contribution in [0.2, 0.25) is 5.15 Å². The fourth-order valence-electron chi connectivity index (χ4n) is 3.04. The lowest BCUT2D eigenvalue weighted by Crippen LogP contribution is -2.05. The van der Waals surface area contributed by atoms with Crippen LogP contribution in [0.15, 0.2) is 29.8 Å². The smallest absolute Gasteiger partial charge is 0.341 e. The summed E-state index contributed by atoms with van der Waals surface area (Å²) in [4.78, 5) is 20.8. The van der Waals surface area contributed by atoms with Crippen LogP contribution in [0.3, 0.4) is 0 Å². The minimum atomic E-state index is -0.411. The van der Waals surface area contributed by atoms with E-state index in [1.165, 1.54) is 17.5 Å². The van der Waals surface area contributed by atoms with Gasteiger partial charge in [-0.3, -0.25) is 5.10 Å². The van der Waals surface area contributed by atoms with E-state index < -0.39 is 5.97 Å². The predicted octanol–water partition coefficient (Wildman–Crippen LogP) is 5.11. The zero-order valence-corrected chi connectivity index (χ0v) is 18.2. The van der Waals surface area contributed by atoms with E-state index in [1.807, 2.05) is 37.4 Å². The van der Waals surface area contributed by atoms with Crippen LogP contribution in [-0.2, 0) is 11.3 Å². The number of nitrogens with zero attached hydrogens (tertiary/aromatic N) is 3. The first kappa shape index (κ1) is 20.3. The highest BCUT2D eigenvalue weighted by atomic mass is 35.5. The number of hydrogen-bond donors (Lipinski definition) is 1. The lowest BCUT2D eigenvalue weighted by molar-refractivity contribution is 0.0528. The summed E-state index contributed by atoms with van der Waals surface area (Å²) >= 11 is 7.77. The number of carbonyl (C=O) groups is 1. The van der Waals surface area contributed by atoms with Gasteiger partial charge in [0.05, 0.1) is 16.9 Å². The Kier molecular flexibility index (Phi) is 5.69. The quantitative estimate of drug-likeness (QED) is 0.329. The van der Waals surface area contributed by atoms with E-state index in [1.54, 1.807) is 6.92 Å². The molecule has 9 heteroatoms. The highest BCUT2D eigenvalue weighted by Crippen LogP contribution is 2.35. The van der Waals surface area contributed by atoms with E-state index in [-0.39, 0.29) is 6.61 Å². The van der Waals surface area contributed by atoms with Crippen molar-refractivity contribution in [1.29, 1.82) is 0 Å². The molecule has 0 atom stereocenters. The average Bonchev–Trinajstić information content (AvgIpc) is 3.35. The first-order valence-corrected chi connectivity index (χ1v) is 10.6. The third-order valence-corrected chi connectivity index (χ3v) is 5.90. The van der Waals surface area contributed by atoms with Crippen LogP contribution in [0.25, 0.3) is 21.5 Å². The number of carbonyl (C=O) groups excluding carboxylic acids is 1. The van der Waals surface area contributed by atoms with Crippen molar-refractivity contribution in [3.05, 3.63) is 57.4 Å². The number of ether oxygens (including phenoxy) is 2. The molecule has 0 saturated carbocycles. The van der Waals surface area contributed by atoms with E-state index >= 15 is 0 Å². The summed E-state index contributed by atoms with van der Waals surface area (Å²) in [5.74, 6) is 1.67. The number of aromatic nitrogens is 4. The molecule has 7 nitrogen and oxygen atoms in total. The number of fused-ring (bicyclic) bond motifs is 1. The molecular formula is C21H19ClN4O3S. The van der Waals surface area contributed by atoms with Crippen molar-refractivity contribution in [3.63, 3.8) is 0 Å². The Labute approximate surface area is 182 Å². The highest BCUT2D eigenvalue weighted by Gasteiger charge is 2.19. The minimum absolute atomic E-state index is 0.283. The maximum atomic E-state index is 12.2. The molecule has 0 spiro atoms. The minimum Gasteiger partial charge on any atom is -0.489 e. The molecule has 3 heterocycles. The Morgan fingerprint density at radius 2 is 2.13 bits per heavy atom. The topological polar surface area (TPSA) is 90.0 Å². The summed E-state index contributed by atoms with van der Waals surface area (Å²) in [5, 5.41) is 10.0. The molecule has 154 valence electrons. The molecule has 0 radical (unpaired) electrons. The zero-order valence-electron chi connectivity index (χ0n) is 16.7. The Balaban J connectivity index is 1.63. The van der Waals surface area contributed by atoms with Gasteiger partial charge in [0.2, 0.25) is 0 Å². The number of nitrogens with one attached hydrogen (secondary N) is 1. The van der Waals surface area contributed by atoms with Gasteiger partial charge in [-0.2, -0.15) is 5.10 Å². The van der Waals surface area contributed by atoms with Gasteiger partial charge in [0.15, 0.2) is 5.82 Å². The predicted molar refractivity (Wildman–Crippen MR) is 116 cm³/mol. The highest BCUT2D eigenvalue weighted by molar-refractivity contribution is 7.17. The van der Waals surface area contributed by atoms with Crippen LogP contribution in [0, 0.1) is 13.8 Å². The van der Waals surface area contributed by atoms with Crippen molar-refractivity contribution in [2.45, 2.75) is 27.4 Å². The number of aryl methyl sites for hydroxylation is 2. The monoisotopic (exact) mass is 442 g/mol. The average molecular weight is 443 g/mol. The first-order chi connectivity index (χ1) is 14.5. The largest absolute Gasteiger partial charge is 0.489 e. The number of pyridine rings is 1. The normalized spacial score (nSPS) is 11.1. The number of aromatic amines is 1. The van der Waals surface area contributed by atoms with Gasteiger partial charge >= 0.3 is 5.97 Å². The summed E-state index contributed by atoms with van der Waals surface area (Å²) in [7, 11) is 0. The Hall–Kier alpha value is -2.97. The Morgan fingerprint density at radius 1 is 1.30 bits per heavy atom. The van der Waals surface area contributed by atoms with Gasteiger partial charge in [-0.25, -0.2) is 14.8 Å². The van der Waals surface area contributed by atoms with Gasteiger partial charge < -0.3 is 9.47 Å². The first-order valence-electron chi connectivity index (χ1n) is 9.32. The standard InChI is InChI=1S/C21H19ClN4O3S/c1-4-28-21(27)15-8-23-19(22)17-14(10-30-18(15)17)9-29-16-7-13(6-5-11(16)2)20-24-12(3)25-26-20/h5-8,10H,4,9H2,1-3H3,(H,24,25,26). The third-order valence-electron chi connectivity index (χ3n) is 4.55. The van der Waals surface area contributed by atoms with E-state index in [0.29, 0.717) is 28.5 Å². The number of esters is 1. The SMILES string of the molecule is CCOC(=O)c1cnc(Cl)c2c(COc3cc(-c4n[nH]c(C)n4)ccc3C)csc12. The molecule has 1 N–H and O–H groups in total. The van der Waals surface area contributed by atoms with Gasteiger partial charge in [0, 0.05) is 22.7 Å². The van der Waals surface area contributed by atoms with Crippen LogP contribution >= 0.6 is 22.9 Å². The van der Waals surface area contributed by atoms with Gasteiger partial charge in [0.25, 0.3) is 0 Å². The third kappa shape index (κ3) is 3.88. The summed E-state index contributed by atoms with van der Waals surface area (Å²) in [5.41, 5.74) is 3.12. The number of hydrogen-bond acceptors (Lipinski definition) is 7. The number of H-pyrrole nitrogens is 1. The molecule has 4 aromatic rings. The molecule has 4 rings (SSSR count). The van der Waals surface area contributed by atoms with Crippen molar-refractivity contribution in [3.8, 4) is 17.1 Å². The molecule has 0 amide bonds.